The number of carbonyl (C=O) groups excluding carboxylic acids is 1. The van der Waals surface area contributed by atoms with Gasteiger partial charge in [0.15, 0.2) is 0 Å². The van der Waals surface area contributed by atoms with E-state index >= 15 is 0 Å². The molecule has 0 radical (unpaired) electrons. The Morgan fingerprint density at radius 2 is 2.00 bits per heavy atom. The van der Waals surface area contributed by atoms with Gasteiger partial charge in [0.1, 0.15) is 0 Å². The van der Waals surface area contributed by atoms with Crippen molar-refractivity contribution < 1.29 is 22.8 Å². The Bertz CT molecular complexity index is 176. The second-order valence-electron chi connectivity index (χ2n) is 2.63. The van der Waals surface area contributed by atoms with Gasteiger partial charge in [-0.15, -0.1) is 5.48 Å². The van der Waals surface area contributed by atoms with Gasteiger partial charge in [0.2, 0.25) is 0 Å². The van der Waals surface area contributed by atoms with Crippen molar-refractivity contribution in [3.63, 3.8) is 0 Å². The predicted octanol–water partition coefficient (Wildman–Crippen LogP) is 1.15. The minimum Gasteiger partial charge on any atom is -0.363 e. The van der Waals surface area contributed by atoms with Crippen LogP contribution in [0.25, 0.3) is 0 Å². The standard InChI is InChI=1S/C6H8F3NO2/c7-6(8,9)5(11)12-10-4-2-1-3-4/h4,10H,1-3H2. The third-order valence-corrected chi connectivity index (χ3v) is 1.65. The highest BCUT2D eigenvalue weighted by molar-refractivity contribution is 5.75. The van der Waals surface area contributed by atoms with Crippen LogP contribution in [0.15, 0.2) is 0 Å². The van der Waals surface area contributed by atoms with Crippen molar-refractivity contribution in [3.05, 3.63) is 0 Å². The summed E-state index contributed by atoms with van der Waals surface area (Å²) in [6.45, 7) is 0. The lowest BCUT2D eigenvalue weighted by molar-refractivity contribution is -0.209. The maximum absolute atomic E-state index is 11.5. The Kier molecular flexibility index (Phi) is 2.56. The molecule has 0 bridgehead atoms. The van der Waals surface area contributed by atoms with Gasteiger partial charge < -0.3 is 4.84 Å². The first-order valence-corrected chi connectivity index (χ1v) is 3.53. The molecule has 1 fully saturated rings. The molecular weight excluding hydrogens is 175 g/mol. The number of nitrogens with one attached hydrogen (secondary N) is 1. The summed E-state index contributed by atoms with van der Waals surface area (Å²) < 4.78 is 34.5. The first-order valence-electron chi connectivity index (χ1n) is 3.53. The van der Waals surface area contributed by atoms with Crippen molar-refractivity contribution >= 4 is 5.97 Å². The van der Waals surface area contributed by atoms with Gasteiger partial charge >= 0.3 is 12.1 Å². The van der Waals surface area contributed by atoms with E-state index in [1.165, 1.54) is 0 Å². The van der Waals surface area contributed by atoms with Gasteiger partial charge in [-0.05, 0) is 12.8 Å². The Morgan fingerprint density at radius 3 is 2.33 bits per heavy atom. The number of hydroxylamine groups is 1. The number of hydrogen-bond acceptors (Lipinski definition) is 3. The summed E-state index contributed by atoms with van der Waals surface area (Å²) in [5, 5.41) is 0. The molecule has 1 aliphatic rings. The molecule has 0 aromatic heterocycles. The number of halogens is 3. The minimum atomic E-state index is -4.91. The van der Waals surface area contributed by atoms with Gasteiger partial charge in [-0.3, -0.25) is 0 Å². The maximum atomic E-state index is 11.5. The monoisotopic (exact) mass is 183 g/mol. The molecule has 3 nitrogen and oxygen atoms in total. The molecule has 70 valence electrons. The van der Waals surface area contributed by atoms with E-state index in [0.29, 0.717) is 0 Å². The summed E-state index contributed by atoms with van der Waals surface area (Å²) in [5.41, 5.74) is 2.06. The topological polar surface area (TPSA) is 38.3 Å². The number of alkyl halides is 3. The molecule has 0 aromatic carbocycles. The van der Waals surface area contributed by atoms with Gasteiger partial charge in [-0.25, -0.2) is 4.79 Å². The fourth-order valence-electron chi connectivity index (χ4n) is 0.721. The van der Waals surface area contributed by atoms with Crippen LogP contribution in [0.5, 0.6) is 0 Å². The Morgan fingerprint density at radius 1 is 1.42 bits per heavy atom. The van der Waals surface area contributed by atoms with Crippen LogP contribution in [0.2, 0.25) is 0 Å². The second kappa shape index (κ2) is 3.30. The molecule has 0 spiro atoms. The van der Waals surface area contributed by atoms with Crippen molar-refractivity contribution in [1.29, 1.82) is 0 Å². The van der Waals surface area contributed by atoms with Crippen molar-refractivity contribution in [3.8, 4) is 0 Å². The molecule has 0 atom stereocenters. The van der Waals surface area contributed by atoms with Crippen LogP contribution in [0.3, 0.4) is 0 Å². The fraction of sp³-hybridized carbons (Fsp3) is 0.833. The van der Waals surface area contributed by atoms with Crippen molar-refractivity contribution in [1.82, 2.24) is 5.48 Å². The molecule has 0 saturated heterocycles. The molecule has 1 rings (SSSR count). The summed E-state index contributed by atoms with van der Waals surface area (Å²) in [7, 11) is 0. The third-order valence-electron chi connectivity index (χ3n) is 1.65. The number of rotatable bonds is 2. The molecule has 0 amide bonds. The van der Waals surface area contributed by atoms with Crippen LogP contribution in [0.4, 0.5) is 13.2 Å². The average molecular weight is 183 g/mol. The van der Waals surface area contributed by atoms with Crippen molar-refractivity contribution in [2.75, 3.05) is 0 Å². The van der Waals surface area contributed by atoms with Crippen LogP contribution >= 0.6 is 0 Å². The van der Waals surface area contributed by atoms with Crippen LogP contribution in [0.1, 0.15) is 19.3 Å². The smallest absolute Gasteiger partial charge is 0.363 e. The first kappa shape index (κ1) is 9.31. The average Bonchev–Trinajstić information content (AvgIpc) is 1.81. The van der Waals surface area contributed by atoms with E-state index in [2.05, 4.69) is 10.3 Å². The minimum absolute atomic E-state index is 0.101. The third kappa shape index (κ3) is 2.37. The molecule has 6 heteroatoms. The van der Waals surface area contributed by atoms with Gasteiger partial charge in [0.05, 0.1) is 0 Å². The lowest BCUT2D eigenvalue weighted by Gasteiger charge is -2.25. The largest absolute Gasteiger partial charge is 0.492 e. The molecule has 12 heavy (non-hydrogen) atoms. The first-order chi connectivity index (χ1) is 5.50. The van der Waals surface area contributed by atoms with E-state index in [0.717, 1.165) is 19.3 Å². The summed E-state index contributed by atoms with van der Waals surface area (Å²) in [4.78, 5) is 13.9. The van der Waals surface area contributed by atoms with Crippen molar-refractivity contribution in [2.45, 2.75) is 31.5 Å². The highest BCUT2D eigenvalue weighted by atomic mass is 19.4. The van der Waals surface area contributed by atoms with E-state index in [-0.39, 0.29) is 6.04 Å². The zero-order chi connectivity index (χ0) is 9.19. The molecule has 0 unspecified atom stereocenters. The van der Waals surface area contributed by atoms with E-state index in [9.17, 15) is 18.0 Å². The van der Waals surface area contributed by atoms with E-state index in [4.69, 9.17) is 0 Å². The zero-order valence-corrected chi connectivity index (χ0v) is 6.15. The number of hydrogen-bond donors (Lipinski definition) is 1. The van der Waals surface area contributed by atoms with E-state index < -0.39 is 12.1 Å². The molecule has 1 aliphatic carbocycles. The Hall–Kier alpha value is -0.780. The summed E-state index contributed by atoms with van der Waals surface area (Å²) in [5.74, 6) is -2.19. The van der Waals surface area contributed by atoms with Crippen LogP contribution in [0, 0.1) is 0 Å². The summed E-state index contributed by atoms with van der Waals surface area (Å²) >= 11 is 0. The molecule has 0 aliphatic heterocycles. The Balaban J connectivity index is 2.17. The highest BCUT2D eigenvalue weighted by Gasteiger charge is 2.41. The fourth-order valence-corrected chi connectivity index (χ4v) is 0.721. The van der Waals surface area contributed by atoms with Crippen LogP contribution < -0.4 is 5.48 Å². The predicted molar refractivity (Wildman–Crippen MR) is 32.9 cm³/mol. The lowest BCUT2D eigenvalue weighted by Crippen LogP contribution is -2.40. The number of carbonyl (C=O) groups is 1. The second-order valence-corrected chi connectivity index (χ2v) is 2.63. The van der Waals surface area contributed by atoms with Gasteiger partial charge in [0, 0.05) is 6.04 Å². The molecular formula is C6H8F3NO2. The maximum Gasteiger partial charge on any atom is 0.492 e. The van der Waals surface area contributed by atoms with Crippen LogP contribution in [-0.2, 0) is 9.63 Å². The SMILES string of the molecule is O=C(ONC1CCC1)C(F)(F)F. The van der Waals surface area contributed by atoms with E-state index in [1.54, 1.807) is 0 Å². The lowest BCUT2D eigenvalue weighted by atomic mass is 9.94. The van der Waals surface area contributed by atoms with Crippen molar-refractivity contribution in [2.24, 2.45) is 0 Å². The van der Waals surface area contributed by atoms with Gasteiger partial charge in [-0.1, -0.05) is 6.42 Å². The van der Waals surface area contributed by atoms with E-state index in [1.807, 2.05) is 0 Å². The van der Waals surface area contributed by atoms with Crippen LogP contribution in [-0.4, -0.2) is 18.2 Å². The molecule has 1 N–H and O–H groups in total. The molecule has 1 saturated carbocycles. The van der Waals surface area contributed by atoms with Gasteiger partial charge in [0.25, 0.3) is 0 Å². The molecule has 0 heterocycles. The summed E-state index contributed by atoms with van der Waals surface area (Å²) in [6.07, 6.45) is -2.44. The zero-order valence-electron chi connectivity index (χ0n) is 6.15. The highest BCUT2D eigenvalue weighted by Crippen LogP contribution is 2.20. The normalized spacial score (nSPS) is 18.6. The van der Waals surface area contributed by atoms with Gasteiger partial charge in [-0.2, -0.15) is 13.2 Å². The molecule has 0 aromatic rings. The Labute approximate surface area is 66.8 Å². The quantitative estimate of drug-likeness (QED) is 0.652. The summed E-state index contributed by atoms with van der Waals surface area (Å²) in [6, 6.07) is -0.101.